The molecule has 1 aromatic carbocycles. The molecule has 1 saturated heterocycles. The van der Waals surface area contributed by atoms with Gasteiger partial charge in [0.15, 0.2) is 0 Å². The molecule has 2 aromatic rings. The average molecular weight is 373 g/mol. The van der Waals surface area contributed by atoms with E-state index in [1.807, 2.05) is 29.6 Å². The van der Waals surface area contributed by atoms with Crippen LogP contribution in [0, 0.1) is 5.92 Å². The van der Waals surface area contributed by atoms with E-state index in [1.54, 1.807) is 5.51 Å². The second kappa shape index (κ2) is 8.77. The summed E-state index contributed by atoms with van der Waals surface area (Å²) in [5.74, 6) is -0.313. The number of carbonyl (C=O) groups is 2. The van der Waals surface area contributed by atoms with E-state index in [-0.39, 0.29) is 17.9 Å². The zero-order valence-electron chi connectivity index (χ0n) is 14.5. The van der Waals surface area contributed by atoms with Crippen molar-refractivity contribution in [2.75, 3.05) is 31.5 Å². The summed E-state index contributed by atoms with van der Waals surface area (Å²) >= 11 is 1.54. The Labute approximate surface area is 156 Å². The van der Waals surface area contributed by atoms with Crippen molar-refractivity contribution in [3.63, 3.8) is 0 Å². The number of urea groups is 1. The van der Waals surface area contributed by atoms with Crippen LogP contribution in [0.1, 0.15) is 12.8 Å². The lowest BCUT2D eigenvalue weighted by Gasteiger charge is -2.31. The van der Waals surface area contributed by atoms with E-state index in [0.29, 0.717) is 19.6 Å². The summed E-state index contributed by atoms with van der Waals surface area (Å²) in [6.45, 7) is 2.83. The van der Waals surface area contributed by atoms with Crippen LogP contribution >= 0.6 is 11.3 Å². The average Bonchev–Trinajstić information content (AvgIpc) is 3.17. The fourth-order valence-electron chi connectivity index (χ4n) is 3.11. The van der Waals surface area contributed by atoms with Gasteiger partial charge in [0.2, 0.25) is 5.91 Å². The number of nitrogens with two attached hydrogens (primary N) is 1. The molecule has 0 bridgehead atoms. The van der Waals surface area contributed by atoms with Gasteiger partial charge in [0, 0.05) is 36.3 Å². The molecule has 3 amide bonds. The number of hydrogen-bond donors (Lipinski definition) is 3. The monoisotopic (exact) mass is 373 g/mol. The number of nitrogens with zero attached hydrogens (tertiary/aromatic N) is 2. The van der Waals surface area contributed by atoms with Gasteiger partial charge in [0.1, 0.15) is 0 Å². The second-order valence-electron chi connectivity index (χ2n) is 6.38. The Balaban J connectivity index is 1.44. The Bertz CT molecular complexity index is 750. The number of likely N-dealkylation sites (tertiary alicyclic amines) is 1. The molecule has 7 nitrogen and oxygen atoms in total. The van der Waals surface area contributed by atoms with Crippen LogP contribution in [0.4, 0.5) is 10.5 Å². The summed E-state index contributed by atoms with van der Waals surface area (Å²) in [4.78, 5) is 29.9. The summed E-state index contributed by atoms with van der Waals surface area (Å²) in [5, 5.41) is 7.67. The molecule has 0 spiro atoms. The van der Waals surface area contributed by atoms with E-state index >= 15 is 0 Å². The molecule has 1 aliphatic heterocycles. The quantitative estimate of drug-likeness (QED) is 0.722. The van der Waals surface area contributed by atoms with Crippen molar-refractivity contribution in [2.45, 2.75) is 12.8 Å². The number of nitrogens with one attached hydrogen (secondary N) is 2. The van der Waals surface area contributed by atoms with Gasteiger partial charge in [-0.25, -0.2) is 9.78 Å². The van der Waals surface area contributed by atoms with E-state index in [9.17, 15) is 9.59 Å². The Morgan fingerprint density at radius 1 is 1.38 bits per heavy atom. The maximum Gasteiger partial charge on any atom is 0.319 e. The van der Waals surface area contributed by atoms with Crippen molar-refractivity contribution in [3.8, 4) is 11.3 Å². The smallest absolute Gasteiger partial charge is 0.319 e. The van der Waals surface area contributed by atoms with E-state index in [1.165, 1.54) is 11.3 Å². The first-order chi connectivity index (χ1) is 12.6. The topological polar surface area (TPSA) is 100 Å². The standard InChI is InChI=1S/C18H23N5O2S/c19-17(24)14-4-2-7-23(10-14)8-6-20-18(25)22-15-5-1-3-13(9-15)16-11-26-12-21-16/h1,3,5,9,11-12,14H,2,4,6-8,10H2,(H2,19,24)(H2,20,22,25)/t14-/m1/s1. The predicted octanol–water partition coefficient (Wildman–Crippen LogP) is 2.13. The van der Waals surface area contributed by atoms with Crippen LogP contribution in [0.15, 0.2) is 35.2 Å². The number of hydrogen-bond acceptors (Lipinski definition) is 5. The first-order valence-corrected chi connectivity index (χ1v) is 9.61. The second-order valence-corrected chi connectivity index (χ2v) is 7.10. The molecular formula is C18H23N5O2S. The molecule has 26 heavy (non-hydrogen) atoms. The number of carbonyl (C=O) groups excluding carboxylic acids is 2. The van der Waals surface area contributed by atoms with E-state index in [2.05, 4.69) is 20.5 Å². The van der Waals surface area contributed by atoms with Gasteiger partial charge >= 0.3 is 6.03 Å². The van der Waals surface area contributed by atoms with Gasteiger partial charge in [-0.3, -0.25) is 4.79 Å². The third-order valence-corrected chi connectivity index (χ3v) is 5.06. The molecule has 1 atom stereocenters. The molecule has 0 radical (unpaired) electrons. The number of thiazole rings is 1. The summed E-state index contributed by atoms with van der Waals surface area (Å²) in [5.41, 5.74) is 9.76. The largest absolute Gasteiger partial charge is 0.369 e. The SMILES string of the molecule is NC(=O)[C@@H]1CCCN(CCNC(=O)Nc2cccc(-c3cscn3)c2)C1. The molecule has 0 saturated carbocycles. The van der Waals surface area contributed by atoms with Gasteiger partial charge in [-0.1, -0.05) is 12.1 Å². The van der Waals surface area contributed by atoms with Crippen molar-refractivity contribution >= 4 is 29.0 Å². The van der Waals surface area contributed by atoms with Crippen LogP contribution in [-0.2, 0) is 4.79 Å². The van der Waals surface area contributed by atoms with Gasteiger partial charge < -0.3 is 21.3 Å². The molecule has 8 heteroatoms. The van der Waals surface area contributed by atoms with E-state index < -0.39 is 0 Å². The number of anilines is 1. The Kier molecular flexibility index (Phi) is 6.19. The van der Waals surface area contributed by atoms with Crippen molar-refractivity contribution in [3.05, 3.63) is 35.2 Å². The van der Waals surface area contributed by atoms with Gasteiger partial charge in [0.25, 0.3) is 0 Å². The first-order valence-electron chi connectivity index (χ1n) is 8.67. The van der Waals surface area contributed by atoms with Crippen LogP contribution in [0.5, 0.6) is 0 Å². The normalized spacial score (nSPS) is 17.6. The lowest BCUT2D eigenvalue weighted by Crippen LogP contribution is -2.44. The molecule has 2 heterocycles. The van der Waals surface area contributed by atoms with Crippen LogP contribution in [0.3, 0.4) is 0 Å². The van der Waals surface area contributed by atoms with Crippen molar-refractivity contribution in [1.29, 1.82) is 0 Å². The van der Waals surface area contributed by atoms with E-state index in [4.69, 9.17) is 5.73 Å². The molecular weight excluding hydrogens is 350 g/mol. The molecule has 0 aliphatic carbocycles. The molecule has 1 aromatic heterocycles. The van der Waals surface area contributed by atoms with Gasteiger partial charge in [0.05, 0.1) is 17.1 Å². The highest BCUT2D eigenvalue weighted by Crippen LogP contribution is 2.22. The van der Waals surface area contributed by atoms with E-state index in [0.717, 1.165) is 36.3 Å². The minimum atomic E-state index is -0.246. The Morgan fingerprint density at radius 2 is 2.27 bits per heavy atom. The number of primary amides is 1. The molecule has 0 unspecified atom stereocenters. The fourth-order valence-corrected chi connectivity index (χ4v) is 3.67. The lowest BCUT2D eigenvalue weighted by atomic mass is 9.97. The lowest BCUT2D eigenvalue weighted by molar-refractivity contribution is -0.123. The highest BCUT2D eigenvalue weighted by Gasteiger charge is 2.23. The third kappa shape index (κ3) is 5.03. The maximum absolute atomic E-state index is 12.1. The number of rotatable bonds is 6. The maximum atomic E-state index is 12.1. The zero-order chi connectivity index (χ0) is 18.4. The zero-order valence-corrected chi connectivity index (χ0v) is 15.3. The summed E-state index contributed by atoms with van der Waals surface area (Å²) in [6, 6.07) is 7.35. The van der Waals surface area contributed by atoms with Crippen LogP contribution in [0.2, 0.25) is 0 Å². The number of amides is 3. The fraction of sp³-hybridized carbons (Fsp3) is 0.389. The minimum absolute atomic E-state index is 0.0777. The predicted molar refractivity (Wildman–Crippen MR) is 103 cm³/mol. The minimum Gasteiger partial charge on any atom is -0.369 e. The van der Waals surface area contributed by atoms with Crippen LogP contribution in [-0.4, -0.2) is 48.0 Å². The van der Waals surface area contributed by atoms with Gasteiger partial charge in [-0.2, -0.15) is 0 Å². The Morgan fingerprint density at radius 3 is 3.04 bits per heavy atom. The highest BCUT2D eigenvalue weighted by atomic mass is 32.1. The van der Waals surface area contributed by atoms with Gasteiger partial charge in [-0.15, -0.1) is 11.3 Å². The van der Waals surface area contributed by atoms with Crippen LogP contribution < -0.4 is 16.4 Å². The van der Waals surface area contributed by atoms with Crippen molar-refractivity contribution in [2.24, 2.45) is 11.7 Å². The molecule has 138 valence electrons. The summed E-state index contributed by atoms with van der Waals surface area (Å²) in [7, 11) is 0. The van der Waals surface area contributed by atoms with Crippen LogP contribution in [0.25, 0.3) is 11.3 Å². The molecule has 1 aliphatic rings. The number of benzene rings is 1. The summed E-state index contributed by atoms with van der Waals surface area (Å²) < 4.78 is 0. The molecule has 1 fully saturated rings. The number of piperidine rings is 1. The van der Waals surface area contributed by atoms with Crippen molar-refractivity contribution in [1.82, 2.24) is 15.2 Å². The number of aromatic nitrogens is 1. The first kappa shape index (κ1) is 18.3. The molecule has 4 N–H and O–H groups in total. The molecule has 3 rings (SSSR count). The Hall–Kier alpha value is -2.45. The third-order valence-electron chi connectivity index (χ3n) is 4.47. The highest BCUT2D eigenvalue weighted by molar-refractivity contribution is 7.07. The van der Waals surface area contributed by atoms with Crippen molar-refractivity contribution < 1.29 is 9.59 Å². The summed E-state index contributed by atoms with van der Waals surface area (Å²) in [6.07, 6.45) is 1.82. The van der Waals surface area contributed by atoms with Gasteiger partial charge in [-0.05, 0) is 31.5 Å².